The molecule has 1 unspecified atom stereocenters. The molecule has 5 heteroatoms. The summed E-state index contributed by atoms with van der Waals surface area (Å²) in [6.07, 6.45) is 2.60. The molecular weight excluding hydrogens is 242 g/mol. The van der Waals surface area contributed by atoms with E-state index in [1.54, 1.807) is 0 Å². The van der Waals surface area contributed by atoms with E-state index in [9.17, 15) is 0 Å². The van der Waals surface area contributed by atoms with Crippen molar-refractivity contribution in [2.45, 2.75) is 25.9 Å². The van der Waals surface area contributed by atoms with Crippen LogP contribution in [0.2, 0.25) is 0 Å². The summed E-state index contributed by atoms with van der Waals surface area (Å²) in [5.41, 5.74) is 0. The zero-order valence-corrected chi connectivity index (χ0v) is 12.6. The van der Waals surface area contributed by atoms with E-state index in [-0.39, 0.29) is 0 Å². The van der Waals surface area contributed by atoms with Crippen LogP contribution < -0.4 is 10.6 Å². The molecule has 1 fully saturated rings. The normalized spacial score (nSPS) is 20.8. The Morgan fingerprint density at radius 1 is 1.32 bits per heavy atom. The summed E-state index contributed by atoms with van der Waals surface area (Å²) in [5, 5.41) is 6.55. The van der Waals surface area contributed by atoms with E-state index in [1.165, 1.54) is 6.42 Å². The molecule has 114 valence electrons. The van der Waals surface area contributed by atoms with E-state index in [0.29, 0.717) is 6.10 Å². The maximum absolute atomic E-state index is 5.76. The Hall–Kier alpha value is -0.200. The molecule has 0 radical (unpaired) electrons. The summed E-state index contributed by atoms with van der Waals surface area (Å²) in [7, 11) is 1.97. The van der Waals surface area contributed by atoms with Crippen LogP contribution in [0.25, 0.3) is 0 Å². The largest absolute Gasteiger partial charge is 0.380 e. The van der Waals surface area contributed by atoms with Crippen LogP contribution in [0.5, 0.6) is 0 Å². The number of hydrogen-bond acceptors (Lipinski definition) is 5. The Balaban J connectivity index is 2.00. The summed E-state index contributed by atoms with van der Waals surface area (Å²) in [5.74, 6) is 0. The number of rotatable bonds is 11. The van der Waals surface area contributed by atoms with Crippen LogP contribution in [-0.4, -0.2) is 77.1 Å². The van der Waals surface area contributed by atoms with Gasteiger partial charge in [0.1, 0.15) is 0 Å². The van der Waals surface area contributed by atoms with Gasteiger partial charge in [0, 0.05) is 32.8 Å². The van der Waals surface area contributed by atoms with Crippen molar-refractivity contribution in [3.05, 3.63) is 0 Å². The molecular formula is C14H31N3O2. The third kappa shape index (κ3) is 8.55. The van der Waals surface area contributed by atoms with Gasteiger partial charge in [-0.15, -0.1) is 0 Å². The van der Waals surface area contributed by atoms with Crippen molar-refractivity contribution in [2.24, 2.45) is 0 Å². The Labute approximate surface area is 118 Å². The van der Waals surface area contributed by atoms with Gasteiger partial charge in [-0.1, -0.05) is 6.92 Å². The van der Waals surface area contributed by atoms with Gasteiger partial charge in [0.2, 0.25) is 0 Å². The fraction of sp³-hybridized carbons (Fsp3) is 1.00. The van der Waals surface area contributed by atoms with Crippen molar-refractivity contribution >= 4 is 0 Å². The second-order valence-electron chi connectivity index (χ2n) is 5.07. The Kier molecular flexibility index (Phi) is 10.3. The summed E-state index contributed by atoms with van der Waals surface area (Å²) in [4.78, 5) is 2.44. The number of nitrogens with one attached hydrogen (secondary N) is 2. The van der Waals surface area contributed by atoms with Gasteiger partial charge in [0.25, 0.3) is 0 Å². The highest BCUT2D eigenvalue weighted by atomic mass is 16.5. The minimum Gasteiger partial charge on any atom is -0.380 e. The molecule has 0 saturated carbocycles. The number of morpholine rings is 1. The zero-order valence-electron chi connectivity index (χ0n) is 12.6. The molecule has 0 spiro atoms. The molecule has 1 aliphatic heterocycles. The smallest absolute Gasteiger partial charge is 0.0826 e. The van der Waals surface area contributed by atoms with Crippen molar-refractivity contribution in [3.63, 3.8) is 0 Å². The SMILES string of the molecule is CCCNCC1CN(CCOCCCNC)CCO1. The number of ether oxygens (including phenoxy) is 2. The molecule has 5 nitrogen and oxygen atoms in total. The second-order valence-corrected chi connectivity index (χ2v) is 5.07. The lowest BCUT2D eigenvalue weighted by atomic mass is 10.2. The van der Waals surface area contributed by atoms with Crippen molar-refractivity contribution < 1.29 is 9.47 Å². The first-order valence-corrected chi connectivity index (χ1v) is 7.63. The van der Waals surface area contributed by atoms with Gasteiger partial charge in [0.15, 0.2) is 0 Å². The van der Waals surface area contributed by atoms with Crippen molar-refractivity contribution in [3.8, 4) is 0 Å². The average Bonchev–Trinajstić information content (AvgIpc) is 2.43. The fourth-order valence-electron chi connectivity index (χ4n) is 2.19. The molecule has 1 saturated heterocycles. The van der Waals surface area contributed by atoms with Gasteiger partial charge < -0.3 is 20.1 Å². The van der Waals surface area contributed by atoms with Crippen LogP contribution in [0, 0.1) is 0 Å². The van der Waals surface area contributed by atoms with Crippen LogP contribution in [0.1, 0.15) is 19.8 Å². The molecule has 1 aliphatic rings. The molecule has 1 heterocycles. The summed E-state index contributed by atoms with van der Waals surface area (Å²) in [6, 6.07) is 0. The second kappa shape index (κ2) is 11.6. The molecule has 1 rings (SSSR count). The first kappa shape index (κ1) is 16.9. The van der Waals surface area contributed by atoms with E-state index < -0.39 is 0 Å². The van der Waals surface area contributed by atoms with Gasteiger partial charge >= 0.3 is 0 Å². The van der Waals surface area contributed by atoms with Gasteiger partial charge in [-0.05, 0) is 33.0 Å². The van der Waals surface area contributed by atoms with Crippen LogP contribution in [0.15, 0.2) is 0 Å². The van der Waals surface area contributed by atoms with Crippen molar-refractivity contribution in [1.82, 2.24) is 15.5 Å². The van der Waals surface area contributed by atoms with Crippen LogP contribution in [-0.2, 0) is 9.47 Å². The predicted molar refractivity (Wildman–Crippen MR) is 78.7 cm³/mol. The monoisotopic (exact) mass is 273 g/mol. The van der Waals surface area contributed by atoms with E-state index >= 15 is 0 Å². The zero-order chi connectivity index (χ0) is 13.8. The molecule has 0 amide bonds. The van der Waals surface area contributed by atoms with Crippen LogP contribution in [0.4, 0.5) is 0 Å². The maximum atomic E-state index is 5.76. The Bertz CT molecular complexity index is 205. The molecule has 1 atom stereocenters. The van der Waals surface area contributed by atoms with Crippen LogP contribution >= 0.6 is 0 Å². The first-order valence-electron chi connectivity index (χ1n) is 7.63. The molecule has 0 aromatic heterocycles. The van der Waals surface area contributed by atoms with Gasteiger partial charge in [-0.2, -0.15) is 0 Å². The number of hydrogen-bond donors (Lipinski definition) is 2. The Morgan fingerprint density at radius 3 is 3.00 bits per heavy atom. The summed E-state index contributed by atoms with van der Waals surface area (Å²) in [6.45, 7) is 10.9. The maximum Gasteiger partial charge on any atom is 0.0826 e. The van der Waals surface area contributed by atoms with Crippen molar-refractivity contribution in [2.75, 3.05) is 66.1 Å². The topological polar surface area (TPSA) is 45.8 Å². The summed E-state index contributed by atoms with van der Waals surface area (Å²) < 4.78 is 11.4. The van der Waals surface area contributed by atoms with E-state index in [2.05, 4.69) is 22.5 Å². The third-order valence-corrected chi connectivity index (χ3v) is 3.29. The standard InChI is InChI=1S/C14H31N3O2/c1-3-5-16-12-14-13-17(8-11-19-14)7-10-18-9-4-6-15-2/h14-16H,3-13H2,1-2H3. The highest BCUT2D eigenvalue weighted by molar-refractivity contribution is 4.73. The van der Waals surface area contributed by atoms with Gasteiger partial charge in [-0.25, -0.2) is 0 Å². The quantitative estimate of drug-likeness (QED) is 0.531. The fourth-order valence-corrected chi connectivity index (χ4v) is 2.19. The van der Waals surface area contributed by atoms with Gasteiger partial charge in [-0.3, -0.25) is 4.90 Å². The van der Waals surface area contributed by atoms with E-state index in [0.717, 1.165) is 65.5 Å². The Morgan fingerprint density at radius 2 is 2.21 bits per heavy atom. The van der Waals surface area contributed by atoms with Crippen LogP contribution in [0.3, 0.4) is 0 Å². The van der Waals surface area contributed by atoms with Gasteiger partial charge in [0.05, 0.1) is 19.3 Å². The molecule has 2 N–H and O–H groups in total. The predicted octanol–water partition coefficient (Wildman–Crippen LogP) is 0.313. The third-order valence-electron chi connectivity index (χ3n) is 3.29. The molecule has 19 heavy (non-hydrogen) atoms. The van der Waals surface area contributed by atoms with E-state index in [4.69, 9.17) is 9.47 Å². The lowest BCUT2D eigenvalue weighted by molar-refractivity contribution is -0.0348. The van der Waals surface area contributed by atoms with E-state index in [1.807, 2.05) is 7.05 Å². The summed E-state index contributed by atoms with van der Waals surface area (Å²) >= 11 is 0. The highest BCUT2D eigenvalue weighted by Crippen LogP contribution is 2.04. The highest BCUT2D eigenvalue weighted by Gasteiger charge is 2.19. The lowest BCUT2D eigenvalue weighted by Gasteiger charge is -2.33. The van der Waals surface area contributed by atoms with Crippen molar-refractivity contribution in [1.29, 1.82) is 0 Å². The molecule has 0 aliphatic carbocycles. The first-order chi connectivity index (χ1) is 9.36. The average molecular weight is 273 g/mol. The minimum atomic E-state index is 0.338. The number of nitrogens with zero attached hydrogens (tertiary/aromatic N) is 1. The molecule has 0 aromatic rings. The minimum absolute atomic E-state index is 0.338. The molecule has 0 bridgehead atoms. The molecule has 0 aromatic carbocycles. The lowest BCUT2D eigenvalue weighted by Crippen LogP contribution is -2.47.